The van der Waals surface area contributed by atoms with Crippen molar-refractivity contribution in [3.63, 3.8) is 0 Å². The number of thiazole rings is 1. The Morgan fingerprint density at radius 1 is 1.19 bits per heavy atom. The van der Waals surface area contributed by atoms with Crippen molar-refractivity contribution in [2.45, 2.75) is 50.7 Å². The van der Waals surface area contributed by atoms with Crippen molar-refractivity contribution in [2.75, 3.05) is 37.7 Å². The Morgan fingerprint density at radius 2 is 2.00 bits per heavy atom. The molecule has 4 heterocycles. The van der Waals surface area contributed by atoms with Crippen LogP contribution in [0.25, 0.3) is 0 Å². The average molecular weight is 676 g/mol. The van der Waals surface area contributed by atoms with E-state index in [9.17, 15) is 23.9 Å². The Bertz CT molecular complexity index is 1860. The van der Waals surface area contributed by atoms with Gasteiger partial charge in [0.15, 0.2) is 16.5 Å². The predicted octanol–water partition coefficient (Wildman–Crippen LogP) is 5.15. The van der Waals surface area contributed by atoms with E-state index in [1.165, 1.54) is 28.4 Å². The minimum Gasteiger partial charge on any atom is -0.478 e. The van der Waals surface area contributed by atoms with E-state index in [-0.39, 0.29) is 56.3 Å². The SMILES string of the molecule is CCOC(=O)C1=C(CN2CC[C@]3(F)C(=O)N(c4ccc(C5CC5)c(C(=O)O)c4)C[C@@H]3C2)NC(c2nccs2)=N[C@H]1c1cccc(F)c1C. The normalized spacial score (nSPS) is 24.3. The molecule has 0 radical (unpaired) electrons. The van der Waals surface area contributed by atoms with Gasteiger partial charge >= 0.3 is 11.9 Å². The zero-order valence-corrected chi connectivity index (χ0v) is 27.4. The molecule has 2 N–H and O–H groups in total. The third-order valence-electron chi connectivity index (χ3n) is 9.76. The summed E-state index contributed by atoms with van der Waals surface area (Å²) in [6, 6.07) is 8.74. The summed E-state index contributed by atoms with van der Waals surface area (Å²) in [4.78, 5) is 51.8. The maximum Gasteiger partial charge on any atom is 0.338 e. The minimum atomic E-state index is -2.11. The van der Waals surface area contributed by atoms with E-state index in [1.807, 2.05) is 4.90 Å². The standard InChI is InChI=1S/C35H35F2N5O5S/c1-3-47-33(45)28-27(39-30(31-38-12-14-48-31)40-29(28)23-5-4-6-26(36)19(23)2)18-41-13-11-35(37)21(16-41)17-42(34(35)46)22-9-10-24(20-7-8-20)25(15-22)32(43)44/h4-6,9-10,12,14-15,20-21,29H,3,7-8,11,13,16-18H2,1-2H3,(H,39,40)(H,43,44)/t21-,29-,35+/m0/s1. The fraction of sp³-hybridized carbons (Fsp3) is 0.400. The van der Waals surface area contributed by atoms with Crippen LogP contribution < -0.4 is 10.2 Å². The van der Waals surface area contributed by atoms with Gasteiger partial charge < -0.3 is 20.1 Å². The van der Waals surface area contributed by atoms with Gasteiger partial charge in [-0.05, 0) is 67.5 Å². The van der Waals surface area contributed by atoms with Gasteiger partial charge in [0.2, 0.25) is 0 Å². The number of hydrogen-bond donors (Lipinski definition) is 2. The molecule has 0 bridgehead atoms. The van der Waals surface area contributed by atoms with Crippen LogP contribution in [-0.2, 0) is 14.3 Å². The molecular weight excluding hydrogens is 640 g/mol. The highest BCUT2D eigenvalue weighted by molar-refractivity contribution is 7.11. The van der Waals surface area contributed by atoms with Crippen LogP contribution in [0.15, 0.2) is 64.2 Å². The molecule has 3 aromatic rings. The monoisotopic (exact) mass is 675 g/mol. The van der Waals surface area contributed by atoms with Gasteiger partial charge in [-0.1, -0.05) is 18.2 Å². The molecule has 1 aliphatic carbocycles. The molecule has 4 aliphatic rings. The number of fused-ring (bicyclic) bond motifs is 1. The first kappa shape index (κ1) is 32.1. The lowest BCUT2D eigenvalue weighted by atomic mass is 9.84. The summed E-state index contributed by atoms with van der Waals surface area (Å²) in [5, 5.41) is 15.5. The number of alkyl halides is 1. The lowest BCUT2D eigenvalue weighted by molar-refractivity contribution is -0.139. The molecule has 3 atom stereocenters. The molecule has 0 unspecified atom stereocenters. The van der Waals surface area contributed by atoms with Gasteiger partial charge in [0.05, 0.1) is 17.7 Å². The number of aliphatic imine (C=N–C) groups is 1. The first-order valence-electron chi connectivity index (χ1n) is 16.1. The number of esters is 1. The molecule has 0 spiro atoms. The summed E-state index contributed by atoms with van der Waals surface area (Å²) in [5.74, 6) is -2.82. The smallest absolute Gasteiger partial charge is 0.338 e. The maximum absolute atomic E-state index is 16.5. The minimum absolute atomic E-state index is 0.0686. The first-order valence-corrected chi connectivity index (χ1v) is 17.0. The summed E-state index contributed by atoms with van der Waals surface area (Å²) in [5.41, 5.74) is 0.734. The van der Waals surface area contributed by atoms with E-state index in [1.54, 1.807) is 49.7 Å². The summed E-state index contributed by atoms with van der Waals surface area (Å²) >= 11 is 1.36. The van der Waals surface area contributed by atoms with Gasteiger partial charge in [-0.25, -0.2) is 23.4 Å². The summed E-state index contributed by atoms with van der Waals surface area (Å²) in [7, 11) is 0. The molecule has 48 heavy (non-hydrogen) atoms. The van der Waals surface area contributed by atoms with Crippen molar-refractivity contribution < 1.29 is 33.0 Å². The third-order valence-corrected chi connectivity index (χ3v) is 10.5. The zero-order valence-electron chi connectivity index (χ0n) is 26.5. The van der Waals surface area contributed by atoms with Crippen molar-refractivity contribution in [2.24, 2.45) is 10.9 Å². The Morgan fingerprint density at radius 3 is 2.71 bits per heavy atom. The largest absolute Gasteiger partial charge is 0.478 e. The van der Waals surface area contributed by atoms with E-state index >= 15 is 4.39 Å². The third kappa shape index (κ3) is 5.68. The van der Waals surface area contributed by atoms with Crippen molar-refractivity contribution in [1.82, 2.24) is 15.2 Å². The number of piperidine rings is 1. The first-order chi connectivity index (χ1) is 23.1. The predicted molar refractivity (Wildman–Crippen MR) is 175 cm³/mol. The molecule has 7 rings (SSSR count). The fourth-order valence-corrected chi connectivity index (χ4v) is 7.67. The van der Waals surface area contributed by atoms with E-state index in [0.29, 0.717) is 33.4 Å². The second kappa shape index (κ2) is 12.5. The lowest BCUT2D eigenvalue weighted by Gasteiger charge is -2.38. The molecule has 1 amide bonds. The number of amides is 1. The highest BCUT2D eigenvalue weighted by Crippen LogP contribution is 2.45. The number of ether oxygens (including phenoxy) is 1. The van der Waals surface area contributed by atoms with Crippen molar-refractivity contribution in [3.05, 3.63) is 92.3 Å². The van der Waals surface area contributed by atoms with Crippen LogP contribution >= 0.6 is 11.3 Å². The Balaban J connectivity index is 1.19. The quantitative estimate of drug-likeness (QED) is 0.299. The molecule has 2 aromatic carbocycles. The van der Waals surface area contributed by atoms with Crippen molar-refractivity contribution in [1.29, 1.82) is 0 Å². The lowest BCUT2D eigenvalue weighted by Crippen LogP contribution is -2.52. The Kier molecular flexibility index (Phi) is 8.36. The number of benzene rings is 2. The molecule has 10 nitrogen and oxygen atoms in total. The number of carbonyl (C=O) groups is 3. The molecule has 2 saturated heterocycles. The number of nitrogens with zero attached hydrogens (tertiary/aromatic N) is 4. The molecule has 1 aromatic heterocycles. The molecule has 3 fully saturated rings. The molecule has 13 heteroatoms. The summed E-state index contributed by atoms with van der Waals surface area (Å²) in [6.07, 6.45) is 3.43. The number of likely N-dealkylation sites (tertiary alicyclic amines) is 1. The number of rotatable bonds is 9. The van der Waals surface area contributed by atoms with E-state index in [0.717, 1.165) is 18.4 Å². The molecule has 3 aliphatic heterocycles. The van der Waals surface area contributed by atoms with Crippen LogP contribution in [0.5, 0.6) is 0 Å². The molecular formula is C35H35F2N5O5S. The van der Waals surface area contributed by atoms with Crippen LogP contribution in [0, 0.1) is 18.7 Å². The van der Waals surface area contributed by atoms with Crippen LogP contribution in [0.3, 0.4) is 0 Å². The van der Waals surface area contributed by atoms with E-state index < -0.39 is 41.3 Å². The van der Waals surface area contributed by atoms with Gasteiger partial charge in [-0.3, -0.25) is 14.7 Å². The zero-order chi connectivity index (χ0) is 33.7. The van der Waals surface area contributed by atoms with Crippen molar-refractivity contribution >= 4 is 40.7 Å². The van der Waals surface area contributed by atoms with Gasteiger partial charge in [-0.15, -0.1) is 11.3 Å². The van der Waals surface area contributed by atoms with Crippen LogP contribution in [0.2, 0.25) is 0 Å². The second-order valence-corrected chi connectivity index (χ2v) is 13.6. The number of carbonyl (C=O) groups excluding carboxylic acids is 2. The van der Waals surface area contributed by atoms with Gasteiger partial charge in [0, 0.05) is 61.5 Å². The van der Waals surface area contributed by atoms with Crippen molar-refractivity contribution in [3.8, 4) is 0 Å². The number of carboxylic acid groups (broad SMARTS) is 1. The topological polar surface area (TPSA) is 124 Å². The Hall–Kier alpha value is -4.49. The number of hydrogen-bond acceptors (Lipinski definition) is 9. The van der Waals surface area contributed by atoms with E-state index in [4.69, 9.17) is 9.73 Å². The number of halogens is 2. The van der Waals surface area contributed by atoms with Crippen LogP contribution in [-0.4, -0.2) is 77.1 Å². The maximum atomic E-state index is 16.5. The van der Waals surface area contributed by atoms with Gasteiger partial charge in [-0.2, -0.15) is 0 Å². The highest BCUT2D eigenvalue weighted by Gasteiger charge is 2.57. The number of aromatic carboxylic acids is 1. The van der Waals surface area contributed by atoms with Crippen LogP contribution in [0.1, 0.15) is 70.2 Å². The molecule has 250 valence electrons. The van der Waals surface area contributed by atoms with Crippen LogP contribution in [0.4, 0.5) is 14.5 Å². The second-order valence-electron chi connectivity index (χ2n) is 12.7. The Labute approximate surface area is 280 Å². The highest BCUT2D eigenvalue weighted by atomic mass is 32.1. The number of amidine groups is 1. The summed E-state index contributed by atoms with van der Waals surface area (Å²) in [6.45, 7) is 4.16. The average Bonchev–Trinajstić information content (AvgIpc) is 3.70. The number of aromatic nitrogens is 1. The molecule has 1 saturated carbocycles. The number of nitrogens with one attached hydrogen (secondary N) is 1. The van der Waals surface area contributed by atoms with E-state index in [2.05, 4.69) is 10.3 Å². The number of anilines is 1. The fourth-order valence-electron chi connectivity index (χ4n) is 7.09. The van der Waals surface area contributed by atoms with Gasteiger partial charge in [0.25, 0.3) is 5.91 Å². The number of carboxylic acids is 1. The summed E-state index contributed by atoms with van der Waals surface area (Å²) < 4.78 is 36.8. The van der Waals surface area contributed by atoms with Gasteiger partial charge in [0.1, 0.15) is 11.9 Å².